The lowest BCUT2D eigenvalue weighted by Crippen LogP contribution is -2.25. The van der Waals surface area contributed by atoms with E-state index in [4.69, 9.17) is 5.73 Å². The quantitative estimate of drug-likeness (QED) is 0.903. The molecule has 2 N–H and O–H groups in total. The maximum absolute atomic E-state index is 12.6. The first-order valence-electron chi connectivity index (χ1n) is 5.37. The molecule has 0 fully saturated rings. The Morgan fingerprint density at radius 1 is 1.20 bits per heavy atom. The summed E-state index contributed by atoms with van der Waals surface area (Å²) in [4.78, 5) is 22.6. The lowest BCUT2D eigenvalue weighted by atomic mass is 10.2. The van der Waals surface area contributed by atoms with Crippen LogP contribution in [0.25, 0.3) is 5.69 Å². The van der Waals surface area contributed by atoms with Gasteiger partial charge in [-0.15, -0.1) is 0 Å². The summed E-state index contributed by atoms with van der Waals surface area (Å²) >= 11 is 0. The van der Waals surface area contributed by atoms with E-state index in [1.807, 2.05) is 0 Å². The van der Waals surface area contributed by atoms with Crippen molar-refractivity contribution >= 4 is 5.91 Å². The highest BCUT2D eigenvalue weighted by molar-refractivity contribution is 5.90. The van der Waals surface area contributed by atoms with Gasteiger partial charge < -0.3 is 5.73 Å². The Morgan fingerprint density at radius 3 is 2.50 bits per heavy atom. The van der Waals surface area contributed by atoms with Gasteiger partial charge in [0.15, 0.2) is 0 Å². The van der Waals surface area contributed by atoms with Crippen LogP contribution in [0.15, 0.2) is 41.2 Å². The van der Waals surface area contributed by atoms with Gasteiger partial charge in [0.05, 0.1) is 11.3 Å². The van der Waals surface area contributed by atoms with Crippen LogP contribution in [0, 0.1) is 0 Å². The van der Waals surface area contributed by atoms with E-state index in [0.29, 0.717) is 4.68 Å². The van der Waals surface area contributed by atoms with Gasteiger partial charge >= 0.3 is 6.18 Å². The van der Waals surface area contributed by atoms with Crippen molar-refractivity contribution in [3.63, 3.8) is 0 Å². The van der Waals surface area contributed by atoms with E-state index < -0.39 is 23.2 Å². The van der Waals surface area contributed by atoms with Crippen molar-refractivity contribution in [1.29, 1.82) is 0 Å². The Morgan fingerprint density at radius 2 is 1.90 bits per heavy atom. The highest BCUT2D eigenvalue weighted by atomic mass is 19.4. The summed E-state index contributed by atoms with van der Waals surface area (Å²) in [5.74, 6) is -0.884. The summed E-state index contributed by atoms with van der Waals surface area (Å²) in [5.41, 5.74) is 3.09. The zero-order chi connectivity index (χ0) is 14.9. The third kappa shape index (κ3) is 2.68. The Labute approximate surface area is 110 Å². The number of rotatable bonds is 2. The highest BCUT2D eigenvalue weighted by Gasteiger charge is 2.30. The molecule has 1 aromatic heterocycles. The summed E-state index contributed by atoms with van der Waals surface area (Å²) in [5, 5.41) is 3.63. The lowest BCUT2D eigenvalue weighted by Gasteiger charge is -2.09. The molecule has 0 unspecified atom stereocenters. The van der Waals surface area contributed by atoms with Crippen LogP contribution in [0.3, 0.4) is 0 Å². The molecule has 8 heteroatoms. The predicted molar refractivity (Wildman–Crippen MR) is 63.4 cm³/mol. The topological polar surface area (TPSA) is 78.0 Å². The third-order valence-corrected chi connectivity index (χ3v) is 2.47. The predicted octanol–water partition coefficient (Wildman–Crippen LogP) is 1.35. The molecule has 1 amide bonds. The zero-order valence-corrected chi connectivity index (χ0v) is 9.89. The minimum atomic E-state index is -4.54. The van der Waals surface area contributed by atoms with Crippen molar-refractivity contribution in [2.75, 3.05) is 0 Å². The number of hydrogen-bond donors (Lipinski definition) is 1. The average molecular weight is 283 g/mol. The standard InChI is InChI=1S/C12H8F3N3O2/c13-12(14,15)7-2-1-3-8(6-7)18-10(19)5-4-9(17-18)11(16)20/h1-6H,(H2,16,20). The maximum Gasteiger partial charge on any atom is 0.416 e. The smallest absolute Gasteiger partial charge is 0.364 e. The molecule has 0 saturated carbocycles. The normalized spacial score (nSPS) is 11.3. The number of benzene rings is 1. The fourth-order valence-electron chi connectivity index (χ4n) is 1.54. The number of nitrogens with zero attached hydrogens (tertiary/aromatic N) is 2. The molecule has 0 spiro atoms. The van der Waals surface area contributed by atoms with E-state index in [9.17, 15) is 22.8 Å². The molecule has 0 bridgehead atoms. The monoisotopic (exact) mass is 283 g/mol. The summed E-state index contributed by atoms with van der Waals surface area (Å²) < 4.78 is 38.5. The first-order chi connectivity index (χ1) is 9.29. The van der Waals surface area contributed by atoms with E-state index in [1.54, 1.807) is 0 Å². The van der Waals surface area contributed by atoms with Crippen LogP contribution in [0.2, 0.25) is 0 Å². The number of amides is 1. The van der Waals surface area contributed by atoms with Gasteiger partial charge in [0.2, 0.25) is 0 Å². The largest absolute Gasteiger partial charge is 0.416 e. The Kier molecular flexibility index (Phi) is 3.31. The fourth-order valence-corrected chi connectivity index (χ4v) is 1.54. The van der Waals surface area contributed by atoms with Gasteiger partial charge in [-0.3, -0.25) is 9.59 Å². The Bertz CT molecular complexity index is 722. The van der Waals surface area contributed by atoms with E-state index in [-0.39, 0.29) is 11.4 Å². The second kappa shape index (κ2) is 4.80. The van der Waals surface area contributed by atoms with E-state index in [1.165, 1.54) is 6.07 Å². The van der Waals surface area contributed by atoms with Gasteiger partial charge in [-0.25, -0.2) is 0 Å². The molecule has 2 rings (SSSR count). The number of hydrogen-bond acceptors (Lipinski definition) is 3. The van der Waals surface area contributed by atoms with E-state index in [2.05, 4.69) is 5.10 Å². The lowest BCUT2D eigenvalue weighted by molar-refractivity contribution is -0.137. The van der Waals surface area contributed by atoms with E-state index >= 15 is 0 Å². The molecule has 0 aliphatic rings. The van der Waals surface area contributed by atoms with Crippen LogP contribution in [0.1, 0.15) is 16.1 Å². The fraction of sp³-hybridized carbons (Fsp3) is 0.0833. The molecule has 0 aliphatic carbocycles. The van der Waals surface area contributed by atoms with Crippen molar-refractivity contribution in [3.05, 3.63) is 58.0 Å². The molecule has 0 radical (unpaired) electrons. The van der Waals surface area contributed by atoms with Crippen LogP contribution in [-0.4, -0.2) is 15.7 Å². The molecular formula is C12H8F3N3O2. The van der Waals surface area contributed by atoms with Crippen LogP contribution >= 0.6 is 0 Å². The zero-order valence-electron chi connectivity index (χ0n) is 9.89. The molecule has 0 saturated heterocycles. The molecule has 1 heterocycles. The number of aromatic nitrogens is 2. The minimum Gasteiger partial charge on any atom is -0.364 e. The van der Waals surface area contributed by atoms with Gasteiger partial charge in [-0.2, -0.15) is 23.0 Å². The van der Waals surface area contributed by atoms with Gasteiger partial charge in [0, 0.05) is 6.07 Å². The molecule has 0 aliphatic heterocycles. The van der Waals surface area contributed by atoms with Crippen LogP contribution in [0.4, 0.5) is 13.2 Å². The number of carbonyl (C=O) groups excluding carboxylic acids is 1. The molecule has 1 aromatic carbocycles. The minimum absolute atomic E-state index is 0.104. The Hall–Kier alpha value is -2.64. The number of primary amides is 1. The van der Waals surface area contributed by atoms with Crippen molar-refractivity contribution in [3.8, 4) is 5.69 Å². The number of halogens is 3. The molecule has 0 atom stereocenters. The van der Waals surface area contributed by atoms with Crippen molar-refractivity contribution in [1.82, 2.24) is 9.78 Å². The second-order valence-electron chi connectivity index (χ2n) is 3.88. The first kappa shape index (κ1) is 13.8. The van der Waals surface area contributed by atoms with Crippen LogP contribution < -0.4 is 11.3 Å². The summed E-state index contributed by atoms with van der Waals surface area (Å²) in [6.45, 7) is 0. The van der Waals surface area contributed by atoms with Crippen molar-refractivity contribution in [2.24, 2.45) is 5.73 Å². The van der Waals surface area contributed by atoms with E-state index in [0.717, 1.165) is 30.3 Å². The molecule has 20 heavy (non-hydrogen) atoms. The molecule has 104 valence electrons. The third-order valence-electron chi connectivity index (χ3n) is 2.47. The van der Waals surface area contributed by atoms with Gasteiger partial charge in [-0.05, 0) is 24.3 Å². The van der Waals surface area contributed by atoms with Gasteiger partial charge in [0.25, 0.3) is 11.5 Å². The summed E-state index contributed by atoms with van der Waals surface area (Å²) in [6.07, 6.45) is -4.54. The van der Waals surface area contributed by atoms with Gasteiger partial charge in [-0.1, -0.05) is 6.07 Å². The number of nitrogens with two attached hydrogens (primary N) is 1. The summed E-state index contributed by atoms with van der Waals surface area (Å²) in [7, 11) is 0. The molecule has 5 nitrogen and oxygen atoms in total. The van der Waals surface area contributed by atoms with Gasteiger partial charge in [0.1, 0.15) is 5.69 Å². The number of carbonyl (C=O) groups is 1. The van der Waals surface area contributed by atoms with Crippen LogP contribution in [0.5, 0.6) is 0 Å². The SMILES string of the molecule is NC(=O)c1ccc(=O)n(-c2cccc(C(F)(F)F)c2)n1. The Balaban J connectivity index is 2.60. The van der Waals surface area contributed by atoms with Crippen molar-refractivity contribution < 1.29 is 18.0 Å². The van der Waals surface area contributed by atoms with Crippen LogP contribution in [-0.2, 0) is 6.18 Å². The second-order valence-corrected chi connectivity index (χ2v) is 3.88. The highest BCUT2D eigenvalue weighted by Crippen LogP contribution is 2.29. The first-order valence-corrected chi connectivity index (χ1v) is 5.37. The molecular weight excluding hydrogens is 275 g/mol. The average Bonchev–Trinajstić information content (AvgIpc) is 2.38. The van der Waals surface area contributed by atoms with Crippen molar-refractivity contribution in [2.45, 2.75) is 6.18 Å². The summed E-state index contributed by atoms with van der Waals surface area (Å²) in [6, 6.07) is 6.16. The number of alkyl halides is 3. The maximum atomic E-state index is 12.6. The molecule has 2 aromatic rings.